The van der Waals surface area contributed by atoms with Crippen LogP contribution in [0.1, 0.15) is 5.56 Å². The Balaban J connectivity index is 2.03. The molecule has 1 amide bonds. The average Bonchev–Trinajstić information content (AvgIpc) is 2.51. The number of carbonyl (C=O) groups is 2. The summed E-state index contributed by atoms with van der Waals surface area (Å²) in [6.45, 7) is -0.334. The molecule has 0 bridgehead atoms. The van der Waals surface area contributed by atoms with Gasteiger partial charge in [0.1, 0.15) is 10.2 Å². The van der Waals surface area contributed by atoms with Gasteiger partial charge in [-0.25, -0.2) is 9.59 Å². The van der Waals surface area contributed by atoms with Gasteiger partial charge in [-0.15, -0.1) is 4.58 Å². The van der Waals surface area contributed by atoms with Gasteiger partial charge in [0.05, 0.1) is 0 Å². The number of thioether (sulfide) groups is 1. The van der Waals surface area contributed by atoms with Gasteiger partial charge in [-0.1, -0.05) is 58.1 Å². The highest BCUT2D eigenvalue weighted by molar-refractivity contribution is 9.10. The molecule has 1 unspecified atom stereocenters. The second-order valence-electron chi connectivity index (χ2n) is 5.06. The summed E-state index contributed by atoms with van der Waals surface area (Å²) in [5.74, 6) is -1.30. The molecule has 4 nitrogen and oxygen atoms in total. The Kier molecular flexibility index (Phi) is 4.63. The summed E-state index contributed by atoms with van der Waals surface area (Å²) >= 11 is 4.85. The Bertz CT molecular complexity index is 808. The number of allylic oxidation sites excluding steroid dienone is 3. The van der Waals surface area contributed by atoms with E-state index in [0.717, 1.165) is 15.7 Å². The van der Waals surface area contributed by atoms with Gasteiger partial charge in [-0.3, -0.25) is 0 Å². The third-order valence-electron chi connectivity index (χ3n) is 3.42. The molecule has 6 heteroatoms. The van der Waals surface area contributed by atoms with Gasteiger partial charge in [0.25, 0.3) is 0 Å². The van der Waals surface area contributed by atoms with Crippen molar-refractivity contribution < 1.29 is 19.3 Å². The molecular formula is C17H13BrNO3S+. The molecule has 1 aliphatic heterocycles. The van der Waals surface area contributed by atoms with Crippen molar-refractivity contribution in [1.29, 1.82) is 0 Å². The third kappa shape index (κ3) is 3.54. The van der Waals surface area contributed by atoms with Crippen LogP contribution >= 0.6 is 27.7 Å². The van der Waals surface area contributed by atoms with Crippen LogP contribution in [0.15, 0.2) is 57.9 Å². The summed E-state index contributed by atoms with van der Waals surface area (Å²) in [6.07, 6.45) is 9.30. The van der Waals surface area contributed by atoms with Crippen molar-refractivity contribution in [3.05, 3.63) is 63.5 Å². The monoisotopic (exact) mass is 390 g/mol. The summed E-state index contributed by atoms with van der Waals surface area (Å²) in [5.41, 5.74) is 1.61. The quantitative estimate of drug-likeness (QED) is 0.636. The van der Waals surface area contributed by atoms with E-state index < -0.39 is 5.97 Å². The maximum Gasteiger partial charge on any atom is 0.426 e. The predicted molar refractivity (Wildman–Crippen MR) is 94.6 cm³/mol. The lowest BCUT2D eigenvalue weighted by molar-refractivity contribution is -0.436. The molecule has 116 valence electrons. The first-order chi connectivity index (χ1) is 11.0. The van der Waals surface area contributed by atoms with E-state index in [2.05, 4.69) is 15.9 Å². The number of hydrogen-bond acceptors (Lipinski definition) is 3. The zero-order valence-corrected chi connectivity index (χ0v) is 14.4. The fraction of sp³-hybridized carbons (Fsp3) is 0.118. The van der Waals surface area contributed by atoms with Gasteiger partial charge in [-0.2, -0.15) is 0 Å². The molecule has 1 N–H and O–H groups in total. The molecule has 1 aromatic rings. The normalized spacial score (nSPS) is 21.7. The number of nitrogens with zero attached hydrogens (tertiary/aromatic N) is 1. The highest BCUT2D eigenvalue weighted by Crippen LogP contribution is 2.33. The minimum Gasteiger partial charge on any atom is -0.477 e. The van der Waals surface area contributed by atoms with Crippen molar-refractivity contribution in [2.45, 2.75) is 5.25 Å². The maximum absolute atomic E-state index is 12.7. The molecule has 1 atom stereocenters. The zero-order chi connectivity index (χ0) is 16.4. The molecule has 0 saturated carbocycles. The largest absolute Gasteiger partial charge is 0.477 e. The number of carbonyl (C=O) groups excluding carboxylic acids is 1. The van der Waals surface area contributed by atoms with Crippen LogP contribution in [0.3, 0.4) is 0 Å². The molecular weight excluding hydrogens is 378 g/mol. The van der Waals surface area contributed by atoms with E-state index in [4.69, 9.17) is 5.11 Å². The number of hydrogen-bond donors (Lipinski definition) is 1. The molecule has 0 aromatic heterocycles. The van der Waals surface area contributed by atoms with E-state index in [0.29, 0.717) is 4.91 Å². The number of carboxylic acid groups (broad SMARTS) is 1. The number of carboxylic acids is 1. The number of rotatable bonds is 3. The molecule has 0 fully saturated rings. The lowest BCUT2D eigenvalue weighted by atomic mass is 10.1. The first-order valence-corrected chi connectivity index (χ1v) is 8.61. The number of benzene rings is 1. The van der Waals surface area contributed by atoms with Gasteiger partial charge in [0.2, 0.25) is 12.3 Å². The summed E-state index contributed by atoms with van der Waals surface area (Å²) in [5, 5.41) is 9.06. The Morgan fingerprint density at radius 1 is 1.39 bits per heavy atom. The van der Waals surface area contributed by atoms with Gasteiger partial charge in [0, 0.05) is 10.5 Å². The fourth-order valence-corrected chi connectivity index (χ4v) is 4.04. The maximum atomic E-state index is 12.7. The van der Waals surface area contributed by atoms with Crippen LogP contribution in [0.5, 0.6) is 0 Å². The van der Waals surface area contributed by atoms with Crippen molar-refractivity contribution >= 4 is 51.4 Å². The fourth-order valence-electron chi connectivity index (χ4n) is 2.44. The van der Waals surface area contributed by atoms with Crippen LogP contribution in [-0.4, -0.2) is 39.1 Å². The molecule has 0 radical (unpaired) electrons. The van der Waals surface area contributed by atoms with Crippen LogP contribution in [0.25, 0.3) is 6.08 Å². The van der Waals surface area contributed by atoms with Crippen molar-refractivity contribution in [3.8, 4) is 0 Å². The Morgan fingerprint density at radius 2 is 2.22 bits per heavy atom. The zero-order valence-electron chi connectivity index (χ0n) is 12.0. The Hall–Kier alpha value is -1.92. The topological polar surface area (TPSA) is 57.4 Å². The van der Waals surface area contributed by atoms with E-state index in [9.17, 15) is 9.59 Å². The Labute approximate surface area is 146 Å². The van der Waals surface area contributed by atoms with Crippen LogP contribution in [0, 0.1) is 0 Å². The van der Waals surface area contributed by atoms with Gasteiger partial charge in [-0.05, 0) is 23.8 Å². The second-order valence-corrected chi connectivity index (χ2v) is 7.16. The SMILES string of the molecule is O=C(O)C[N+]1=C2C=CC=CC2S/C(=C\c2cccc(Br)c2)C1=O. The van der Waals surface area contributed by atoms with Crippen molar-refractivity contribution in [3.63, 3.8) is 0 Å². The molecule has 0 saturated heterocycles. The van der Waals surface area contributed by atoms with Gasteiger partial charge in [0.15, 0.2) is 0 Å². The number of aliphatic carboxylic acids is 1. The van der Waals surface area contributed by atoms with Crippen LogP contribution in [0.2, 0.25) is 0 Å². The molecule has 0 spiro atoms. The molecule has 1 aliphatic carbocycles. The number of amides is 1. The number of fused-ring (bicyclic) bond motifs is 1. The highest BCUT2D eigenvalue weighted by Gasteiger charge is 2.39. The second kappa shape index (κ2) is 6.68. The molecule has 2 aliphatic rings. The smallest absolute Gasteiger partial charge is 0.426 e. The summed E-state index contributed by atoms with van der Waals surface area (Å²) in [7, 11) is 0. The van der Waals surface area contributed by atoms with Crippen LogP contribution in [0.4, 0.5) is 0 Å². The minimum absolute atomic E-state index is 0.0459. The summed E-state index contributed by atoms with van der Waals surface area (Å²) in [6, 6.07) is 7.63. The third-order valence-corrected chi connectivity index (χ3v) is 5.11. The summed E-state index contributed by atoms with van der Waals surface area (Å²) in [4.78, 5) is 24.3. The highest BCUT2D eigenvalue weighted by atomic mass is 79.9. The van der Waals surface area contributed by atoms with E-state index in [-0.39, 0.29) is 17.7 Å². The summed E-state index contributed by atoms with van der Waals surface area (Å²) < 4.78 is 2.27. The van der Waals surface area contributed by atoms with Gasteiger partial charge < -0.3 is 5.11 Å². The first-order valence-electron chi connectivity index (χ1n) is 6.94. The van der Waals surface area contributed by atoms with E-state index in [1.54, 1.807) is 12.2 Å². The van der Waals surface area contributed by atoms with Crippen molar-refractivity contribution in [2.24, 2.45) is 0 Å². The lowest BCUT2D eigenvalue weighted by Gasteiger charge is -2.20. The van der Waals surface area contributed by atoms with E-state index in [1.165, 1.54) is 16.3 Å². The average molecular weight is 391 g/mol. The molecule has 1 aromatic carbocycles. The van der Waals surface area contributed by atoms with E-state index in [1.807, 2.05) is 42.5 Å². The van der Waals surface area contributed by atoms with Crippen LogP contribution in [-0.2, 0) is 9.59 Å². The Morgan fingerprint density at radius 3 is 2.96 bits per heavy atom. The standard InChI is InChI=1S/C17H12BrNO3S/c18-12-5-3-4-11(8-12)9-15-17(22)19(10-16(20)21)13-6-1-2-7-14(13)23-15/h1-9,14H,10H2/p+1/b15-9-. The predicted octanol–water partition coefficient (Wildman–Crippen LogP) is 3.10. The lowest BCUT2D eigenvalue weighted by Crippen LogP contribution is -2.40. The molecule has 3 rings (SSSR count). The first kappa shape index (κ1) is 16.0. The van der Waals surface area contributed by atoms with Crippen molar-refractivity contribution in [2.75, 3.05) is 6.54 Å². The molecule has 23 heavy (non-hydrogen) atoms. The van der Waals surface area contributed by atoms with Crippen molar-refractivity contribution in [1.82, 2.24) is 0 Å². The molecule has 1 heterocycles. The van der Waals surface area contributed by atoms with Crippen LogP contribution < -0.4 is 0 Å². The minimum atomic E-state index is -1.03. The van der Waals surface area contributed by atoms with E-state index >= 15 is 0 Å². The van der Waals surface area contributed by atoms with Gasteiger partial charge >= 0.3 is 11.9 Å². The number of halogens is 1.